The number of ketones is 2. The molecule has 0 fully saturated rings. The highest BCUT2D eigenvalue weighted by atomic mass is 16.5. The highest BCUT2D eigenvalue weighted by Gasteiger charge is 2.26. The maximum atomic E-state index is 12.1. The Bertz CT molecular complexity index is 1050. The van der Waals surface area contributed by atoms with Gasteiger partial charge in [0.1, 0.15) is 17.3 Å². The van der Waals surface area contributed by atoms with E-state index in [1.54, 1.807) is 31.2 Å². The summed E-state index contributed by atoms with van der Waals surface area (Å²) in [5, 5.41) is 3.13. The zero-order valence-electron chi connectivity index (χ0n) is 21.6. The molecule has 0 radical (unpaired) electrons. The number of rotatable bonds is 12. The number of Topliss-reactive ketones (excluding diaryl/α,β-unsaturated/α-hetero) is 2. The first-order chi connectivity index (χ1) is 17.6. The molecule has 37 heavy (non-hydrogen) atoms. The molecule has 0 atom stereocenters. The van der Waals surface area contributed by atoms with E-state index in [1.807, 2.05) is 24.3 Å². The van der Waals surface area contributed by atoms with Crippen molar-refractivity contribution in [2.45, 2.75) is 71.8 Å². The molecular weight excluding hydrogens is 478 g/mol. The van der Waals surface area contributed by atoms with Gasteiger partial charge >= 0.3 is 12.3 Å². The third-order valence-corrected chi connectivity index (χ3v) is 5.73. The lowest BCUT2D eigenvalue weighted by atomic mass is 9.86. The second-order valence-electron chi connectivity index (χ2n) is 8.23. The number of benzene rings is 2. The Labute approximate surface area is 216 Å². The average Bonchev–Trinajstić information content (AvgIpc) is 2.87. The Morgan fingerprint density at radius 3 is 1.65 bits per heavy atom. The maximum Gasteiger partial charge on any atom is 0.373 e. The average molecular weight is 512 g/mol. The van der Waals surface area contributed by atoms with E-state index in [0.29, 0.717) is 11.3 Å². The summed E-state index contributed by atoms with van der Waals surface area (Å²) in [5.41, 5.74) is 1.61. The van der Waals surface area contributed by atoms with Crippen molar-refractivity contribution in [3.63, 3.8) is 0 Å². The zero-order valence-corrected chi connectivity index (χ0v) is 21.6. The lowest BCUT2D eigenvalue weighted by Crippen LogP contribution is -2.47. The fourth-order valence-corrected chi connectivity index (χ4v) is 3.60. The van der Waals surface area contributed by atoms with Crippen LogP contribution in [0.2, 0.25) is 0 Å². The molecular formula is C28H33NO8. The number of aryl methyl sites for hydroxylation is 1. The van der Waals surface area contributed by atoms with Crippen LogP contribution in [-0.4, -0.2) is 35.3 Å². The molecule has 0 saturated heterocycles. The summed E-state index contributed by atoms with van der Waals surface area (Å²) in [6, 6.07) is 14.9. The number of nitrogens with one attached hydrogen (secondary N) is 1. The fraction of sp³-hybridized carbons (Fsp3) is 0.393. The Hall–Kier alpha value is -4.19. The van der Waals surface area contributed by atoms with Gasteiger partial charge in [-0.15, -0.1) is 0 Å². The lowest BCUT2D eigenvalue weighted by molar-refractivity contribution is -0.193. The molecule has 9 nitrogen and oxygen atoms in total. The second-order valence-corrected chi connectivity index (χ2v) is 8.23. The molecule has 1 amide bonds. The predicted molar refractivity (Wildman–Crippen MR) is 133 cm³/mol. The Balaban J connectivity index is 0.00000196. The van der Waals surface area contributed by atoms with Gasteiger partial charge in [0.25, 0.3) is 0 Å². The van der Waals surface area contributed by atoms with Crippen LogP contribution in [0.1, 0.15) is 75.7 Å². The highest BCUT2D eigenvalue weighted by Crippen LogP contribution is 2.25. The summed E-state index contributed by atoms with van der Waals surface area (Å²) in [6.45, 7) is 7.28. The van der Waals surface area contributed by atoms with E-state index in [9.17, 15) is 14.4 Å². The van der Waals surface area contributed by atoms with Crippen molar-refractivity contribution in [2.24, 2.45) is 0 Å². The van der Waals surface area contributed by atoms with Gasteiger partial charge in [-0.2, -0.15) is 19.2 Å². The minimum Gasteiger partial charge on any atom is -0.457 e. The van der Waals surface area contributed by atoms with Crippen molar-refractivity contribution in [1.82, 2.24) is 5.32 Å². The molecule has 0 aliphatic rings. The monoisotopic (exact) mass is 511 g/mol. The number of carbonyl (C=O) groups excluding carboxylic acids is 7. The molecule has 2 aromatic rings. The number of amides is 1. The van der Waals surface area contributed by atoms with Gasteiger partial charge in [0.05, 0.1) is 0 Å². The molecule has 198 valence electrons. The molecule has 0 spiro atoms. The number of hydrogen-bond acceptors (Lipinski definition) is 8. The third kappa shape index (κ3) is 13.5. The van der Waals surface area contributed by atoms with Crippen LogP contribution in [0.15, 0.2) is 48.5 Å². The standard InChI is InChI=1S/C26H33NO4.2CO2/c1-5-26(6-2,27-20(4)29)18-17-21-8-12-23(13-9-21)31-24-14-10-22(11-15-24)25(30)16-7-19(3)28;2*2-1-3/h8-15H,5-7,16-18H2,1-4H3,(H,27,29);;. The van der Waals surface area contributed by atoms with Crippen LogP contribution in [0.3, 0.4) is 0 Å². The largest absolute Gasteiger partial charge is 0.457 e. The topological polar surface area (TPSA) is 141 Å². The minimum absolute atomic E-state index is 0.0130. The van der Waals surface area contributed by atoms with Gasteiger partial charge in [0, 0.05) is 30.9 Å². The van der Waals surface area contributed by atoms with Gasteiger partial charge in [-0.05, 0) is 74.6 Å². The Kier molecular flexibility index (Phi) is 16.1. The SMILES string of the molecule is CCC(CC)(CCc1ccc(Oc2ccc(C(=O)CCC(C)=O)cc2)cc1)NC(C)=O.O=C=O.O=C=O. The van der Waals surface area contributed by atoms with E-state index in [2.05, 4.69) is 19.2 Å². The van der Waals surface area contributed by atoms with Crippen molar-refractivity contribution < 1.29 is 38.3 Å². The molecule has 9 heteroatoms. The fourth-order valence-electron chi connectivity index (χ4n) is 3.60. The first-order valence-electron chi connectivity index (χ1n) is 11.8. The van der Waals surface area contributed by atoms with E-state index in [0.717, 1.165) is 31.4 Å². The van der Waals surface area contributed by atoms with Crippen molar-refractivity contribution in [3.8, 4) is 11.5 Å². The molecule has 0 aromatic heterocycles. The summed E-state index contributed by atoms with van der Waals surface area (Å²) in [6.07, 6.45) is 4.56. The van der Waals surface area contributed by atoms with Crippen LogP contribution in [0.5, 0.6) is 11.5 Å². The molecule has 0 unspecified atom stereocenters. The molecule has 2 aromatic carbocycles. The number of hydrogen-bond donors (Lipinski definition) is 1. The van der Waals surface area contributed by atoms with Crippen molar-refractivity contribution in [1.29, 1.82) is 0 Å². The van der Waals surface area contributed by atoms with Gasteiger partial charge in [-0.25, -0.2) is 0 Å². The van der Waals surface area contributed by atoms with E-state index in [1.165, 1.54) is 12.5 Å². The maximum absolute atomic E-state index is 12.1. The quantitative estimate of drug-likeness (QED) is 0.411. The van der Waals surface area contributed by atoms with Crippen molar-refractivity contribution >= 4 is 29.8 Å². The Morgan fingerprint density at radius 1 is 0.784 bits per heavy atom. The van der Waals surface area contributed by atoms with Crippen molar-refractivity contribution in [3.05, 3.63) is 59.7 Å². The number of ether oxygens (including phenoxy) is 1. The summed E-state index contributed by atoms with van der Waals surface area (Å²) in [4.78, 5) is 67.2. The van der Waals surface area contributed by atoms with Gasteiger partial charge in [-0.1, -0.05) is 26.0 Å². The summed E-state index contributed by atoms with van der Waals surface area (Å²) in [7, 11) is 0. The van der Waals surface area contributed by atoms with Gasteiger partial charge in [0.2, 0.25) is 5.91 Å². The van der Waals surface area contributed by atoms with Crippen LogP contribution >= 0.6 is 0 Å². The molecule has 1 N–H and O–H groups in total. The van der Waals surface area contributed by atoms with E-state index < -0.39 is 0 Å². The lowest BCUT2D eigenvalue weighted by Gasteiger charge is -2.32. The van der Waals surface area contributed by atoms with Gasteiger partial charge in [0.15, 0.2) is 5.78 Å². The minimum atomic E-state index is -0.162. The van der Waals surface area contributed by atoms with Gasteiger partial charge < -0.3 is 14.8 Å². The molecule has 0 aliphatic heterocycles. The predicted octanol–water partition coefficient (Wildman–Crippen LogP) is 4.49. The molecule has 0 saturated carbocycles. The molecule has 0 bridgehead atoms. The summed E-state index contributed by atoms with van der Waals surface area (Å²) < 4.78 is 5.88. The van der Waals surface area contributed by atoms with Gasteiger partial charge in [-0.3, -0.25) is 9.59 Å². The van der Waals surface area contributed by atoms with E-state index in [4.69, 9.17) is 23.9 Å². The molecule has 0 heterocycles. The van der Waals surface area contributed by atoms with Crippen LogP contribution in [0, 0.1) is 0 Å². The Morgan fingerprint density at radius 2 is 1.24 bits per heavy atom. The normalized spacial score (nSPS) is 9.73. The first kappa shape index (κ1) is 32.8. The number of carbonyl (C=O) groups is 3. The van der Waals surface area contributed by atoms with Crippen LogP contribution in [0.25, 0.3) is 0 Å². The van der Waals surface area contributed by atoms with Crippen LogP contribution < -0.4 is 10.1 Å². The summed E-state index contributed by atoms with van der Waals surface area (Å²) >= 11 is 0. The highest BCUT2D eigenvalue weighted by molar-refractivity contribution is 5.98. The van der Waals surface area contributed by atoms with E-state index >= 15 is 0 Å². The molecule has 0 aliphatic carbocycles. The zero-order chi connectivity index (χ0) is 28.3. The van der Waals surface area contributed by atoms with Crippen molar-refractivity contribution in [2.75, 3.05) is 0 Å². The van der Waals surface area contributed by atoms with Crippen LogP contribution in [0.4, 0.5) is 0 Å². The second kappa shape index (κ2) is 18.1. The van der Waals surface area contributed by atoms with E-state index in [-0.39, 0.29) is 48.2 Å². The first-order valence-corrected chi connectivity index (χ1v) is 11.8. The third-order valence-electron chi connectivity index (χ3n) is 5.73. The summed E-state index contributed by atoms with van der Waals surface area (Å²) in [5.74, 6) is 1.36. The van der Waals surface area contributed by atoms with Crippen LogP contribution in [-0.2, 0) is 35.2 Å². The molecule has 2 rings (SSSR count). The smallest absolute Gasteiger partial charge is 0.373 e.